The number of carbonyl (C=O) groups excluding carboxylic acids is 2. The van der Waals surface area contributed by atoms with E-state index in [4.69, 9.17) is 16.0 Å². The second-order valence-electron chi connectivity index (χ2n) is 8.71. The van der Waals surface area contributed by atoms with E-state index in [1.807, 2.05) is 32.0 Å². The van der Waals surface area contributed by atoms with Crippen molar-refractivity contribution in [2.45, 2.75) is 52.1 Å². The zero-order chi connectivity index (χ0) is 23.8. The van der Waals surface area contributed by atoms with E-state index in [0.717, 1.165) is 29.5 Å². The van der Waals surface area contributed by atoms with Crippen LogP contribution < -0.4 is 5.01 Å². The first kappa shape index (κ1) is 22.3. The summed E-state index contributed by atoms with van der Waals surface area (Å²) in [5.74, 6) is 0.407. The molecule has 2 aromatic carbocycles. The van der Waals surface area contributed by atoms with Crippen molar-refractivity contribution in [1.29, 1.82) is 0 Å². The Kier molecular flexibility index (Phi) is 5.91. The summed E-state index contributed by atoms with van der Waals surface area (Å²) < 4.78 is 5.83. The highest BCUT2D eigenvalue weighted by molar-refractivity contribution is 6.40. The van der Waals surface area contributed by atoms with Crippen molar-refractivity contribution in [3.05, 3.63) is 64.5 Å². The lowest BCUT2D eigenvalue weighted by molar-refractivity contribution is -0.125. The van der Waals surface area contributed by atoms with Gasteiger partial charge in [0, 0.05) is 29.5 Å². The minimum atomic E-state index is -0.198. The minimum absolute atomic E-state index is 0.105. The average molecular weight is 478 g/mol. The molecule has 174 valence electrons. The maximum absolute atomic E-state index is 13.5. The SMILES string of the molecule is Cc1ccc(C)c(N2N=C(C(=O)N(Cc3nnc(-c4ccc(Cl)cc4)o3)C3CC3)CCC2=O)c1. The molecule has 0 bridgehead atoms. The molecule has 5 rings (SSSR count). The number of nitrogens with zero attached hydrogens (tertiary/aromatic N) is 5. The maximum Gasteiger partial charge on any atom is 0.270 e. The van der Waals surface area contributed by atoms with E-state index < -0.39 is 0 Å². The monoisotopic (exact) mass is 477 g/mol. The molecule has 0 unspecified atom stereocenters. The Labute approximate surface area is 202 Å². The summed E-state index contributed by atoms with van der Waals surface area (Å²) in [6, 6.07) is 13.1. The molecule has 1 aliphatic heterocycles. The molecule has 1 aliphatic carbocycles. The van der Waals surface area contributed by atoms with Gasteiger partial charge in [-0.3, -0.25) is 9.59 Å². The molecule has 2 heterocycles. The van der Waals surface area contributed by atoms with Gasteiger partial charge in [0.1, 0.15) is 5.71 Å². The number of hydrazone groups is 1. The zero-order valence-electron chi connectivity index (χ0n) is 19.0. The van der Waals surface area contributed by atoms with E-state index in [9.17, 15) is 9.59 Å². The van der Waals surface area contributed by atoms with E-state index >= 15 is 0 Å². The first-order valence-electron chi connectivity index (χ1n) is 11.3. The molecular weight excluding hydrogens is 454 g/mol. The van der Waals surface area contributed by atoms with Crippen LogP contribution in [0.1, 0.15) is 42.7 Å². The summed E-state index contributed by atoms with van der Waals surface area (Å²) in [5, 5.41) is 14.8. The first-order valence-corrected chi connectivity index (χ1v) is 11.6. The van der Waals surface area contributed by atoms with Crippen LogP contribution in [0.25, 0.3) is 11.5 Å². The number of hydrogen-bond donors (Lipinski definition) is 0. The van der Waals surface area contributed by atoms with Gasteiger partial charge < -0.3 is 9.32 Å². The predicted molar refractivity (Wildman–Crippen MR) is 128 cm³/mol. The molecule has 1 aromatic heterocycles. The normalized spacial score (nSPS) is 15.9. The summed E-state index contributed by atoms with van der Waals surface area (Å²) >= 11 is 5.95. The van der Waals surface area contributed by atoms with E-state index in [2.05, 4.69) is 15.3 Å². The molecule has 8 nitrogen and oxygen atoms in total. The van der Waals surface area contributed by atoms with E-state index in [-0.39, 0.29) is 30.8 Å². The lowest BCUT2D eigenvalue weighted by Gasteiger charge is -2.27. The molecule has 9 heteroatoms. The van der Waals surface area contributed by atoms with Crippen molar-refractivity contribution in [2.75, 3.05) is 5.01 Å². The van der Waals surface area contributed by atoms with Crippen molar-refractivity contribution in [2.24, 2.45) is 5.10 Å². The number of aromatic nitrogens is 2. The van der Waals surface area contributed by atoms with Crippen LogP contribution >= 0.6 is 11.6 Å². The largest absolute Gasteiger partial charge is 0.419 e. The summed E-state index contributed by atoms with van der Waals surface area (Å²) in [7, 11) is 0. The molecule has 1 fully saturated rings. The molecule has 34 heavy (non-hydrogen) atoms. The lowest BCUT2D eigenvalue weighted by Crippen LogP contribution is -2.42. The van der Waals surface area contributed by atoms with Gasteiger partial charge in [-0.15, -0.1) is 10.2 Å². The number of benzene rings is 2. The highest BCUT2D eigenvalue weighted by Gasteiger charge is 2.37. The molecule has 0 radical (unpaired) electrons. The van der Waals surface area contributed by atoms with Gasteiger partial charge >= 0.3 is 0 Å². The van der Waals surface area contributed by atoms with Crippen LogP contribution in [0.15, 0.2) is 52.0 Å². The third-order valence-corrected chi connectivity index (χ3v) is 6.24. The molecule has 0 spiro atoms. The second kappa shape index (κ2) is 9.02. The highest BCUT2D eigenvalue weighted by atomic mass is 35.5. The summed E-state index contributed by atoms with van der Waals surface area (Å²) in [4.78, 5) is 27.9. The molecule has 0 atom stereocenters. The Morgan fingerprint density at radius 1 is 1.12 bits per heavy atom. The van der Waals surface area contributed by atoms with Crippen LogP contribution in [0.4, 0.5) is 5.69 Å². The molecular formula is C25H24ClN5O3. The van der Waals surface area contributed by atoms with Crippen molar-refractivity contribution in [1.82, 2.24) is 15.1 Å². The van der Waals surface area contributed by atoms with Crippen molar-refractivity contribution in [3.8, 4) is 11.5 Å². The van der Waals surface area contributed by atoms with Crippen LogP contribution in [-0.2, 0) is 16.1 Å². The molecule has 2 amide bonds. The number of aryl methyl sites for hydroxylation is 2. The topological polar surface area (TPSA) is 91.9 Å². The average Bonchev–Trinajstić information content (AvgIpc) is 3.57. The fraction of sp³-hybridized carbons (Fsp3) is 0.320. The fourth-order valence-electron chi connectivity index (χ4n) is 3.93. The predicted octanol–water partition coefficient (Wildman–Crippen LogP) is 4.68. The minimum Gasteiger partial charge on any atom is -0.419 e. The quantitative estimate of drug-likeness (QED) is 0.514. The van der Waals surface area contributed by atoms with Crippen LogP contribution in [-0.4, -0.2) is 38.7 Å². The van der Waals surface area contributed by atoms with Crippen molar-refractivity contribution < 1.29 is 14.0 Å². The number of rotatable bonds is 6. The number of hydrogen-bond acceptors (Lipinski definition) is 6. The molecule has 0 saturated heterocycles. The van der Waals surface area contributed by atoms with Crippen LogP contribution in [0.2, 0.25) is 5.02 Å². The number of halogens is 1. The Hall–Kier alpha value is -3.52. The number of amides is 2. The highest BCUT2D eigenvalue weighted by Crippen LogP contribution is 2.31. The Morgan fingerprint density at radius 2 is 1.88 bits per heavy atom. The lowest BCUT2D eigenvalue weighted by atomic mass is 10.1. The molecule has 2 aliphatic rings. The smallest absolute Gasteiger partial charge is 0.270 e. The van der Waals surface area contributed by atoms with Gasteiger partial charge in [0.25, 0.3) is 5.91 Å². The summed E-state index contributed by atoms with van der Waals surface area (Å²) in [6.45, 7) is 4.09. The standard InChI is InChI=1S/C25H24ClN5O3/c1-15-3-4-16(2)21(13-15)31-23(32)12-11-20(29-31)25(33)30(19-9-10-19)14-22-27-28-24(34-22)17-5-7-18(26)8-6-17/h3-8,13,19H,9-12,14H2,1-2H3. The van der Waals surface area contributed by atoms with Crippen LogP contribution in [0.3, 0.4) is 0 Å². The number of anilines is 1. The Morgan fingerprint density at radius 3 is 2.62 bits per heavy atom. The van der Waals surface area contributed by atoms with Crippen molar-refractivity contribution in [3.63, 3.8) is 0 Å². The first-order chi connectivity index (χ1) is 16.4. The summed E-state index contributed by atoms with van der Waals surface area (Å²) in [6.07, 6.45) is 2.37. The zero-order valence-corrected chi connectivity index (χ0v) is 19.7. The van der Waals surface area contributed by atoms with E-state index in [0.29, 0.717) is 34.6 Å². The Bertz CT molecular complexity index is 1280. The summed E-state index contributed by atoms with van der Waals surface area (Å²) in [5.41, 5.74) is 3.78. The number of carbonyl (C=O) groups is 2. The molecule has 0 N–H and O–H groups in total. The van der Waals surface area contributed by atoms with Gasteiger partial charge in [0.2, 0.25) is 17.7 Å². The van der Waals surface area contributed by atoms with Crippen molar-refractivity contribution >= 4 is 34.8 Å². The fourth-order valence-corrected chi connectivity index (χ4v) is 4.06. The third kappa shape index (κ3) is 4.59. The van der Waals surface area contributed by atoms with Gasteiger partial charge in [0.15, 0.2) is 0 Å². The third-order valence-electron chi connectivity index (χ3n) is 5.98. The van der Waals surface area contributed by atoms with Gasteiger partial charge in [-0.05, 0) is 68.1 Å². The van der Waals surface area contributed by atoms with Crippen LogP contribution in [0, 0.1) is 13.8 Å². The van der Waals surface area contributed by atoms with Gasteiger partial charge in [-0.25, -0.2) is 5.01 Å². The van der Waals surface area contributed by atoms with E-state index in [1.165, 1.54) is 5.01 Å². The van der Waals surface area contributed by atoms with E-state index in [1.54, 1.807) is 29.2 Å². The molecule has 3 aromatic rings. The second-order valence-corrected chi connectivity index (χ2v) is 9.15. The van der Waals surface area contributed by atoms with Gasteiger partial charge in [-0.1, -0.05) is 23.7 Å². The van der Waals surface area contributed by atoms with Gasteiger partial charge in [-0.2, -0.15) is 5.10 Å². The Balaban J connectivity index is 1.38. The van der Waals surface area contributed by atoms with Gasteiger partial charge in [0.05, 0.1) is 12.2 Å². The maximum atomic E-state index is 13.5. The van der Waals surface area contributed by atoms with Crippen LogP contribution in [0.5, 0.6) is 0 Å². The molecule has 1 saturated carbocycles.